The molecule has 0 radical (unpaired) electrons. The number of alkyl halides is 3. The Bertz CT molecular complexity index is 328. The van der Waals surface area contributed by atoms with Crippen molar-refractivity contribution in [2.24, 2.45) is 0 Å². The highest BCUT2D eigenvalue weighted by atomic mass is 32.2. The van der Waals surface area contributed by atoms with Crippen LogP contribution in [0.3, 0.4) is 0 Å². The Morgan fingerprint density at radius 3 is 2.56 bits per heavy atom. The second-order valence-electron chi connectivity index (χ2n) is 2.92. The molecule has 6 heteroatoms. The van der Waals surface area contributed by atoms with E-state index in [4.69, 9.17) is 9.84 Å². The smallest absolute Gasteiger partial charge is 0.446 e. The predicted octanol–water partition coefficient (Wildman–Crippen LogP) is 3.06. The summed E-state index contributed by atoms with van der Waals surface area (Å²) in [5, 5.41) is 8.53. The molecule has 1 aromatic rings. The van der Waals surface area contributed by atoms with E-state index in [0.29, 0.717) is 6.42 Å². The summed E-state index contributed by atoms with van der Waals surface area (Å²) in [5.74, 6) is 0.193. The molecule has 1 rings (SSSR count). The summed E-state index contributed by atoms with van der Waals surface area (Å²) in [4.78, 5) is 0.0351. The summed E-state index contributed by atoms with van der Waals surface area (Å²) in [6.07, 6.45) is 0.394. The highest BCUT2D eigenvalue weighted by Crippen LogP contribution is 2.41. The number of thioether (sulfide) groups is 1. The average molecular weight is 252 g/mol. The van der Waals surface area contributed by atoms with Crippen LogP contribution >= 0.6 is 11.8 Å². The number of benzene rings is 1. The summed E-state index contributed by atoms with van der Waals surface area (Å²) in [6.45, 7) is 0.153. The zero-order valence-electron chi connectivity index (χ0n) is 8.33. The Kier molecular flexibility index (Phi) is 4.95. The maximum atomic E-state index is 12.2. The first-order valence-electron chi connectivity index (χ1n) is 4.61. The Morgan fingerprint density at radius 2 is 1.94 bits per heavy atom. The molecule has 16 heavy (non-hydrogen) atoms. The van der Waals surface area contributed by atoms with Crippen molar-refractivity contribution in [2.75, 3.05) is 13.2 Å². The molecule has 0 atom stereocenters. The molecule has 0 unspecified atom stereocenters. The first-order chi connectivity index (χ1) is 7.53. The lowest BCUT2D eigenvalue weighted by Gasteiger charge is -2.11. The summed E-state index contributed by atoms with van der Waals surface area (Å²) >= 11 is -0.202. The van der Waals surface area contributed by atoms with Crippen molar-refractivity contribution in [1.29, 1.82) is 0 Å². The van der Waals surface area contributed by atoms with Gasteiger partial charge in [-0.05, 0) is 23.9 Å². The second-order valence-corrected chi connectivity index (χ2v) is 4.03. The van der Waals surface area contributed by atoms with Crippen LogP contribution in [-0.2, 0) is 0 Å². The molecule has 0 aliphatic heterocycles. The molecule has 1 N–H and O–H groups in total. The van der Waals surface area contributed by atoms with Gasteiger partial charge in [-0.25, -0.2) is 0 Å². The van der Waals surface area contributed by atoms with Crippen molar-refractivity contribution >= 4 is 11.8 Å². The minimum atomic E-state index is -4.32. The van der Waals surface area contributed by atoms with E-state index in [-0.39, 0.29) is 35.6 Å². The van der Waals surface area contributed by atoms with E-state index in [1.54, 1.807) is 6.07 Å². The number of halogens is 3. The summed E-state index contributed by atoms with van der Waals surface area (Å²) < 4.78 is 41.7. The number of aliphatic hydroxyl groups is 1. The number of aliphatic hydroxyl groups excluding tert-OH is 1. The van der Waals surface area contributed by atoms with E-state index in [9.17, 15) is 13.2 Å². The summed E-state index contributed by atoms with van der Waals surface area (Å²) in [7, 11) is 0. The fourth-order valence-electron chi connectivity index (χ4n) is 1.03. The lowest BCUT2D eigenvalue weighted by atomic mass is 10.3. The van der Waals surface area contributed by atoms with Gasteiger partial charge in [0.15, 0.2) is 0 Å². The molecule has 0 saturated heterocycles. The normalized spacial score (nSPS) is 11.5. The van der Waals surface area contributed by atoms with Gasteiger partial charge in [0.2, 0.25) is 0 Å². The Labute approximate surface area is 95.4 Å². The second kappa shape index (κ2) is 6.00. The molecule has 0 aliphatic carbocycles. The average Bonchev–Trinajstić information content (AvgIpc) is 2.19. The van der Waals surface area contributed by atoms with Crippen LogP contribution in [0, 0.1) is 0 Å². The van der Waals surface area contributed by atoms with Gasteiger partial charge in [-0.1, -0.05) is 12.1 Å². The Hall–Kier alpha value is -0.880. The van der Waals surface area contributed by atoms with Crippen molar-refractivity contribution < 1.29 is 23.0 Å². The maximum Gasteiger partial charge on any atom is 0.446 e. The van der Waals surface area contributed by atoms with Gasteiger partial charge in [0.05, 0.1) is 11.5 Å². The highest BCUT2D eigenvalue weighted by molar-refractivity contribution is 8.00. The van der Waals surface area contributed by atoms with Crippen LogP contribution in [0.25, 0.3) is 0 Å². The fraction of sp³-hybridized carbons (Fsp3) is 0.400. The zero-order valence-corrected chi connectivity index (χ0v) is 9.14. The molecule has 0 aromatic heterocycles. The number of rotatable bonds is 5. The number of hydrogen-bond acceptors (Lipinski definition) is 3. The van der Waals surface area contributed by atoms with Gasteiger partial charge in [0.1, 0.15) is 5.75 Å². The first-order valence-corrected chi connectivity index (χ1v) is 5.43. The third kappa shape index (κ3) is 4.76. The molecule has 0 heterocycles. The molecular weight excluding hydrogens is 241 g/mol. The van der Waals surface area contributed by atoms with Crippen LogP contribution < -0.4 is 4.74 Å². The molecule has 0 fully saturated rings. The molecular formula is C10H11F3O2S. The van der Waals surface area contributed by atoms with Crippen molar-refractivity contribution in [3.63, 3.8) is 0 Å². The van der Waals surface area contributed by atoms with E-state index in [1.807, 2.05) is 0 Å². The molecule has 2 nitrogen and oxygen atoms in total. The minimum absolute atomic E-state index is 0.0351. The van der Waals surface area contributed by atoms with Gasteiger partial charge in [0.25, 0.3) is 0 Å². The van der Waals surface area contributed by atoms with Gasteiger partial charge >= 0.3 is 5.51 Å². The van der Waals surface area contributed by atoms with Crippen LogP contribution in [-0.4, -0.2) is 23.8 Å². The minimum Gasteiger partial charge on any atom is -0.492 e. The van der Waals surface area contributed by atoms with E-state index >= 15 is 0 Å². The Balaban J connectivity index is 2.68. The van der Waals surface area contributed by atoms with E-state index in [2.05, 4.69) is 0 Å². The molecule has 0 saturated carbocycles. The van der Waals surface area contributed by atoms with Crippen molar-refractivity contribution in [2.45, 2.75) is 16.8 Å². The third-order valence-corrected chi connectivity index (χ3v) is 2.42. The lowest BCUT2D eigenvalue weighted by molar-refractivity contribution is -0.0329. The number of ether oxygens (including phenoxy) is 1. The summed E-state index contributed by atoms with van der Waals surface area (Å²) in [6, 6.07) is 5.96. The van der Waals surface area contributed by atoms with Gasteiger partial charge in [-0.15, -0.1) is 0 Å². The molecule has 0 bridgehead atoms. The largest absolute Gasteiger partial charge is 0.492 e. The van der Waals surface area contributed by atoms with Crippen LogP contribution in [0.15, 0.2) is 29.2 Å². The molecule has 1 aromatic carbocycles. The quantitative estimate of drug-likeness (QED) is 0.645. The van der Waals surface area contributed by atoms with E-state index < -0.39 is 5.51 Å². The van der Waals surface area contributed by atoms with Crippen LogP contribution in [0.5, 0.6) is 5.75 Å². The Morgan fingerprint density at radius 1 is 1.25 bits per heavy atom. The van der Waals surface area contributed by atoms with Crippen molar-refractivity contribution in [3.05, 3.63) is 24.3 Å². The molecule has 0 spiro atoms. The SMILES string of the molecule is OCCCOc1ccccc1SC(F)(F)F. The van der Waals surface area contributed by atoms with Crippen LogP contribution in [0.1, 0.15) is 6.42 Å². The maximum absolute atomic E-state index is 12.2. The molecule has 0 amide bonds. The van der Waals surface area contributed by atoms with E-state index in [1.165, 1.54) is 18.2 Å². The monoisotopic (exact) mass is 252 g/mol. The number of hydrogen-bond donors (Lipinski definition) is 1. The zero-order chi connectivity index (χ0) is 12.0. The third-order valence-electron chi connectivity index (χ3n) is 1.63. The van der Waals surface area contributed by atoms with Crippen LogP contribution in [0.2, 0.25) is 0 Å². The lowest BCUT2D eigenvalue weighted by Crippen LogP contribution is -2.03. The van der Waals surface area contributed by atoms with Gasteiger partial charge in [-0.3, -0.25) is 0 Å². The molecule has 90 valence electrons. The van der Waals surface area contributed by atoms with E-state index in [0.717, 1.165) is 0 Å². The first kappa shape index (κ1) is 13.2. The highest BCUT2D eigenvalue weighted by Gasteiger charge is 2.30. The summed E-state index contributed by atoms with van der Waals surface area (Å²) in [5.41, 5.74) is -4.32. The van der Waals surface area contributed by atoms with Gasteiger partial charge in [-0.2, -0.15) is 13.2 Å². The van der Waals surface area contributed by atoms with Crippen molar-refractivity contribution in [3.8, 4) is 5.75 Å². The number of para-hydroxylation sites is 1. The standard InChI is InChI=1S/C10H11F3O2S/c11-10(12,13)16-9-5-2-1-4-8(9)15-7-3-6-14/h1-2,4-5,14H,3,6-7H2. The predicted molar refractivity (Wildman–Crippen MR) is 55.6 cm³/mol. The topological polar surface area (TPSA) is 29.5 Å². The molecule has 0 aliphatic rings. The van der Waals surface area contributed by atoms with Gasteiger partial charge in [0, 0.05) is 13.0 Å². The van der Waals surface area contributed by atoms with Crippen LogP contribution in [0.4, 0.5) is 13.2 Å². The van der Waals surface area contributed by atoms with Gasteiger partial charge < -0.3 is 9.84 Å². The van der Waals surface area contributed by atoms with Crippen molar-refractivity contribution in [1.82, 2.24) is 0 Å². The fourth-order valence-corrected chi connectivity index (χ4v) is 1.65.